The number of aryl methyl sites for hydroxylation is 3. The second-order valence-corrected chi connectivity index (χ2v) is 21.4. The summed E-state index contributed by atoms with van der Waals surface area (Å²) in [5.74, 6) is 3.84. The number of aromatic nitrogens is 5. The molecule has 0 spiro atoms. The zero-order chi connectivity index (χ0) is 49.8. The van der Waals surface area contributed by atoms with Crippen LogP contribution in [0.1, 0.15) is 73.6 Å². The van der Waals surface area contributed by atoms with Crippen LogP contribution in [0.15, 0.2) is 90.1 Å². The average Bonchev–Trinajstić information content (AvgIpc) is 4.02. The molecule has 0 bridgehead atoms. The first-order valence-corrected chi connectivity index (χ1v) is 26.3. The molecule has 0 saturated carbocycles. The number of anilines is 8. The molecule has 8 rings (SSSR count). The molecule has 3 aromatic carbocycles. The Labute approximate surface area is 420 Å². The number of amides is 1. The second kappa shape index (κ2) is 23.8. The molecular weight excluding hydrogens is 946 g/mol. The molecule has 0 unspecified atom stereocenters. The SMILES string of the molecule is CCCN1CCN(c2cc(Nc3ncc(C(=O)Nc4c(C)cccc4Cl)s3)nc(C)n2)CC1.Cc1cnc(Nc2ccc(OCCN3CCCC3)cc2)nc1Nc1cccc(S(=O)(=O)NC(C)(C)C)c1. The summed E-state index contributed by atoms with van der Waals surface area (Å²) in [7, 11) is -3.65. The van der Waals surface area contributed by atoms with Crippen molar-refractivity contribution in [2.45, 2.75) is 78.2 Å². The molecule has 0 aliphatic carbocycles. The fourth-order valence-electron chi connectivity index (χ4n) is 7.84. The molecule has 70 heavy (non-hydrogen) atoms. The highest BCUT2D eigenvalue weighted by molar-refractivity contribution is 7.89. The third-order valence-corrected chi connectivity index (χ3v) is 14.3. The maximum atomic E-state index is 12.7. The minimum absolute atomic E-state index is 0.181. The predicted molar refractivity (Wildman–Crippen MR) is 283 cm³/mol. The Morgan fingerprint density at radius 2 is 1.51 bits per heavy atom. The van der Waals surface area contributed by atoms with Crippen molar-refractivity contribution in [2.24, 2.45) is 0 Å². The third-order valence-electron chi connectivity index (χ3n) is 11.3. The highest BCUT2D eigenvalue weighted by atomic mass is 35.5. The summed E-state index contributed by atoms with van der Waals surface area (Å²) in [5, 5.41) is 13.6. The van der Waals surface area contributed by atoms with Gasteiger partial charge in [-0.15, -0.1) is 0 Å². The van der Waals surface area contributed by atoms with E-state index >= 15 is 0 Å². The Bertz CT molecular complexity index is 2790. The van der Waals surface area contributed by atoms with Crippen LogP contribution < -0.4 is 35.6 Å². The van der Waals surface area contributed by atoms with E-state index in [-0.39, 0.29) is 10.8 Å². The lowest BCUT2D eigenvalue weighted by molar-refractivity contribution is 0.103. The molecule has 6 aromatic rings. The van der Waals surface area contributed by atoms with Gasteiger partial charge in [0, 0.05) is 67.5 Å². The van der Waals surface area contributed by atoms with E-state index < -0.39 is 15.6 Å². The van der Waals surface area contributed by atoms with E-state index in [1.807, 2.05) is 84.0 Å². The number of nitrogens with zero attached hydrogens (tertiary/aromatic N) is 8. The van der Waals surface area contributed by atoms with Gasteiger partial charge >= 0.3 is 0 Å². The standard InChI is InChI=1S/C27H36N6O3S.C23H28ClN7OS/c1-20-19-28-26(30-21-10-12-23(13-11-21)36-17-16-33-14-5-6-15-33)31-25(20)29-22-8-7-9-24(18-22)37(34,35)32-27(2,3)4;1-4-8-30-9-11-31(12-10-30)20-13-19(26-16(3)27-20)28-23-25-14-18(33-23)22(32)29-21-15(2)6-5-7-17(21)24/h7-13,18-19,32H,5-6,14-17H2,1-4H3,(H2,28,29,30,31);5-7,13-14H,4,8-12H2,1-3H3,(H,29,32)(H,25,26,27,28). The number of hydrogen-bond donors (Lipinski definition) is 5. The van der Waals surface area contributed by atoms with Crippen LogP contribution in [0.3, 0.4) is 0 Å². The number of para-hydroxylation sites is 1. The Morgan fingerprint density at radius 1 is 0.786 bits per heavy atom. The smallest absolute Gasteiger partial charge is 0.267 e. The summed E-state index contributed by atoms with van der Waals surface area (Å²) in [4.78, 5) is 43.0. The van der Waals surface area contributed by atoms with Gasteiger partial charge in [-0.05, 0) is 135 Å². The Hall–Kier alpha value is -5.96. The van der Waals surface area contributed by atoms with E-state index in [9.17, 15) is 13.2 Å². The normalized spacial score (nSPS) is 14.4. The molecule has 0 radical (unpaired) electrons. The lowest BCUT2D eigenvalue weighted by Gasteiger charge is -2.35. The number of carbonyl (C=O) groups is 1. The van der Waals surface area contributed by atoms with Crippen LogP contribution in [0.25, 0.3) is 0 Å². The number of hydrogen-bond acceptors (Lipinski definition) is 16. The van der Waals surface area contributed by atoms with Crippen molar-refractivity contribution in [1.29, 1.82) is 0 Å². The zero-order valence-electron chi connectivity index (χ0n) is 41.0. The van der Waals surface area contributed by atoms with Gasteiger partial charge in [-0.1, -0.05) is 48.1 Å². The Kier molecular flexibility index (Phi) is 17.6. The molecule has 0 atom stereocenters. The molecule has 1 amide bonds. The number of piperazine rings is 1. The summed E-state index contributed by atoms with van der Waals surface area (Å²) in [5.41, 5.74) is 3.21. The maximum Gasteiger partial charge on any atom is 0.267 e. The van der Waals surface area contributed by atoms with Crippen LogP contribution in [-0.2, 0) is 10.0 Å². The molecule has 5 heterocycles. The summed E-state index contributed by atoms with van der Waals surface area (Å²) in [6.45, 7) is 22.4. The molecule has 3 aromatic heterocycles. The van der Waals surface area contributed by atoms with E-state index in [2.05, 4.69) is 72.5 Å². The van der Waals surface area contributed by atoms with Crippen molar-refractivity contribution in [2.75, 3.05) is 85.1 Å². The molecule has 2 fully saturated rings. The van der Waals surface area contributed by atoms with Gasteiger partial charge < -0.3 is 30.9 Å². The van der Waals surface area contributed by atoms with Crippen molar-refractivity contribution in [3.8, 4) is 5.75 Å². The molecule has 372 valence electrons. The van der Waals surface area contributed by atoms with Gasteiger partial charge in [0.2, 0.25) is 16.0 Å². The first kappa shape index (κ1) is 51.9. The number of sulfonamides is 1. The Balaban J connectivity index is 0.000000208. The van der Waals surface area contributed by atoms with E-state index in [1.165, 1.54) is 43.7 Å². The number of carbonyl (C=O) groups excluding carboxylic acids is 1. The quantitative estimate of drug-likeness (QED) is 0.0579. The number of benzene rings is 3. The summed E-state index contributed by atoms with van der Waals surface area (Å²) in [6.07, 6.45) is 7.00. The molecule has 20 heteroatoms. The summed E-state index contributed by atoms with van der Waals surface area (Å²) < 4.78 is 34.0. The zero-order valence-corrected chi connectivity index (χ0v) is 43.4. The van der Waals surface area contributed by atoms with E-state index in [0.717, 1.165) is 67.7 Å². The third kappa shape index (κ3) is 15.0. The van der Waals surface area contributed by atoms with Crippen molar-refractivity contribution >= 4 is 84.5 Å². The van der Waals surface area contributed by atoms with Crippen LogP contribution in [0, 0.1) is 20.8 Å². The lowest BCUT2D eigenvalue weighted by Crippen LogP contribution is -2.46. The van der Waals surface area contributed by atoms with Gasteiger partial charge in [0.15, 0.2) is 5.13 Å². The fourth-order valence-corrected chi connectivity index (χ4v) is 10.3. The summed E-state index contributed by atoms with van der Waals surface area (Å²) in [6, 6.07) is 21.8. The molecule has 17 nitrogen and oxygen atoms in total. The lowest BCUT2D eigenvalue weighted by atomic mass is 10.1. The van der Waals surface area contributed by atoms with Crippen LogP contribution in [0.2, 0.25) is 5.02 Å². The number of rotatable bonds is 17. The monoisotopic (exact) mass is 1010 g/mol. The second-order valence-electron chi connectivity index (χ2n) is 18.3. The topological polar surface area (TPSA) is 195 Å². The fraction of sp³-hybridized carbons (Fsp3) is 0.400. The first-order chi connectivity index (χ1) is 33.5. The molecule has 5 N–H and O–H groups in total. The number of halogens is 1. The van der Waals surface area contributed by atoms with Crippen molar-refractivity contribution in [3.05, 3.63) is 112 Å². The molecule has 2 saturated heterocycles. The summed E-state index contributed by atoms with van der Waals surface area (Å²) >= 11 is 7.49. The van der Waals surface area contributed by atoms with Crippen molar-refractivity contribution in [1.82, 2.24) is 39.4 Å². The van der Waals surface area contributed by atoms with Gasteiger partial charge in [-0.25, -0.2) is 33.1 Å². The number of thiazole rings is 1. The van der Waals surface area contributed by atoms with E-state index in [0.29, 0.717) is 56.4 Å². The van der Waals surface area contributed by atoms with Gasteiger partial charge in [-0.3, -0.25) is 14.6 Å². The largest absolute Gasteiger partial charge is 0.492 e. The maximum absolute atomic E-state index is 12.7. The van der Waals surface area contributed by atoms with Gasteiger partial charge in [0.05, 0.1) is 21.8 Å². The van der Waals surface area contributed by atoms with Gasteiger partial charge in [-0.2, -0.15) is 4.98 Å². The predicted octanol–water partition coefficient (Wildman–Crippen LogP) is 9.55. The van der Waals surface area contributed by atoms with Crippen LogP contribution in [-0.4, -0.2) is 114 Å². The molecule has 2 aliphatic rings. The average molecular weight is 1010 g/mol. The number of likely N-dealkylation sites (tertiary alicyclic amines) is 1. The molecular formula is C50H64ClN13O4S2. The highest BCUT2D eigenvalue weighted by Crippen LogP contribution is 2.29. The van der Waals surface area contributed by atoms with E-state index in [4.69, 9.17) is 16.3 Å². The van der Waals surface area contributed by atoms with Crippen molar-refractivity contribution in [3.63, 3.8) is 0 Å². The minimum atomic E-state index is -3.65. The number of nitrogens with one attached hydrogen (secondary N) is 5. The van der Waals surface area contributed by atoms with Gasteiger partial charge in [0.1, 0.15) is 40.5 Å². The van der Waals surface area contributed by atoms with Crippen molar-refractivity contribution < 1.29 is 17.9 Å². The first-order valence-electron chi connectivity index (χ1n) is 23.6. The molecule has 2 aliphatic heterocycles. The highest BCUT2D eigenvalue weighted by Gasteiger charge is 2.23. The van der Waals surface area contributed by atoms with Gasteiger partial charge in [0.25, 0.3) is 5.91 Å². The Morgan fingerprint density at radius 3 is 2.23 bits per heavy atom. The van der Waals surface area contributed by atoms with E-state index in [1.54, 1.807) is 42.7 Å². The van der Waals surface area contributed by atoms with Crippen LogP contribution >= 0.6 is 22.9 Å². The van der Waals surface area contributed by atoms with Crippen LogP contribution in [0.5, 0.6) is 5.75 Å². The number of ether oxygens (including phenoxy) is 1. The minimum Gasteiger partial charge on any atom is -0.492 e. The van der Waals surface area contributed by atoms with Crippen LogP contribution in [0.4, 0.5) is 45.6 Å².